The van der Waals surface area contributed by atoms with Gasteiger partial charge in [0.05, 0.1) is 20.1 Å². The van der Waals surface area contributed by atoms with Gasteiger partial charge in [0.2, 0.25) is 5.91 Å². The van der Waals surface area contributed by atoms with Crippen LogP contribution in [0.25, 0.3) is 0 Å². The zero-order valence-electron chi connectivity index (χ0n) is 15.5. The molecule has 1 amide bonds. The van der Waals surface area contributed by atoms with E-state index in [1.165, 1.54) is 0 Å². The lowest BCUT2D eigenvalue weighted by atomic mass is 10.1. The summed E-state index contributed by atoms with van der Waals surface area (Å²) in [6.07, 6.45) is 1.39. The molecule has 0 saturated heterocycles. The van der Waals surface area contributed by atoms with E-state index >= 15 is 0 Å². The number of carbonyl (C=O) groups is 1. The summed E-state index contributed by atoms with van der Waals surface area (Å²) < 4.78 is 16.7. The topological polar surface area (TPSA) is 56.8 Å². The molecule has 138 valence electrons. The minimum Gasteiger partial charge on any atom is -0.497 e. The van der Waals surface area contributed by atoms with Crippen molar-refractivity contribution in [2.75, 3.05) is 13.7 Å². The first-order valence-electron chi connectivity index (χ1n) is 8.94. The molecule has 5 nitrogen and oxygen atoms in total. The van der Waals surface area contributed by atoms with Crippen LogP contribution in [-0.4, -0.2) is 25.7 Å². The van der Waals surface area contributed by atoms with Gasteiger partial charge in [-0.3, -0.25) is 4.79 Å². The van der Waals surface area contributed by atoms with Crippen LogP contribution in [0.2, 0.25) is 0 Å². The number of methoxy groups -OCH3 is 1. The number of rotatable bonds is 7. The Morgan fingerprint density at radius 3 is 2.73 bits per heavy atom. The van der Waals surface area contributed by atoms with Gasteiger partial charge in [0.25, 0.3) is 0 Å². The van der Waals surface area contributed by atoms with Gasteiger partial charge < -0.3 is 19.5 Å². The first-order valence-corrected chi connectivity index (χ1v) is 8.94. The van der Waals surface area contributed by atoms with Crippen molar-refractivity contribution in [2.24, 2.45) is 0 Å². The molecule has 0 unspecified atom stereocenters. The molecule has 26 heavy (non-hydrogen) atoms. The lowest BCUT2D eigenvalue weighted by Gasteiger charge is -2.13. The monoisotopic (exact) mass is 355 g/mol. The van der Waals surface area contributed by atoms with Crippen molar-refractivity contribution in [1.82, 2.24) is 5.32 Å². The van der Waals surface area contributed by atoms with Crippen molar-refractivity contribution in [3.63, 3.8) is 0 Å². The van der Waals surface area contributed by atoms with E-state index in [0.29, 0.717) is 19.6 Å². The lowest BCUT2D eigenvalue weighted by Crippen LogP contribution is -2.24. The van der Waals surface area contributed by atoms with Gasteiger partial charge in [-0.2, -0.15) is 0 Å². The van der Waals surface area contributed by atoms with Gasteiger partial charge in [-0.25, -0.2) is 0 Å². The van der Waals surface area contributed by atoms with E-state index in [2.05, 4.69) is 12.2 Å². The summed E-state index contributed by atoms with van der Waals surface area (Å²) in [4.78, 5) is 12.3. The van der Waals surface area contributed by atoms with E-state index < -0.39 is 0 Å². The Bertz CT molecular complexity index is 770. The maximum atomic E-state index is 12.3. The highest BCUT2D eigenvalue weighted by Gasteiger charge is 2.22. The molecule has 1 N–H and O–H groups in total. The van der Waals surface area contributed by atoms with Crippen LogP contribution >= 0.6 is 0 Å². The summed E-state index contributed by atoms with van der Waals surface area (Å²) in [5.41, 5.74) is 3.04. The van der Waals surface area contributed by atoms with Crippen molar-refractivity contribution < 1.29 is 19.0 Å². The van der Waals surface area contributed by atoms with Gasteiger partial charge in [-0.15, -0.1) is 0 Å². The minimum absolute atomic E-state index is 0.0348. The number of fused-ring (bicyclic) bond motifs is 1. The van der Waals surface area contributed by atoms with Gasteiger partial charge >= 0.3 is 0 Å². The van der Waals surface area contributed by atoms with Crippen LogP contribution in [0.1, 0.15) is 30.5 Å². The molecule has 2 aromatic rings. The summed E-state index contributed by atoms with van der Waals surface area (Å²) in [7, 11) is 1.62. The minimum atomic E-state index is -0.0348. The summed E-state index contributed by atoms with van der Waals surface area (Å²) in [5.74, 6) is 2.45. The molecule has 2 aromatic carbocycles. The van der Waals surface area contributed by atoms with Crippen LogP contribution in [0.5, 0.6) is 17.2 Å². The van der Waals surface area contributed by atoms with Crippen LogP contribution in [0.4, 0.5) is 0 Å². The maximum absolute atomic E-state index is 12.3. The molecule has 1 aliphatic rings. The van der Waals surface area contributed by atoms with E-state index in [1.807, 2.05) is 43.3 Å². The Morgan fingerprint density at radius 2 is 2.04 bits per heavy atom. The highest BCUT2D eigenvalue weighted by molar-refractivity contribution is 5.78. The third-order valence-electron chi connectivity index (χ3n) is 4.38. The highest BCUT2D eigenvalue weighted by Crippen LogP contribution is 2.35. The average molecular weight is 355 g/mol. The van der Waals surface area contributed by atoms with Gasteiger partial charge in [0.1, 0.15) is 23.4 Å². The van der Waals surface area contributed by atoms with E-state index in [-0.39, 0.29) is 12.0 Å². The van der Waals surface area contributed by atoms with Crippen molar-refractivity contribution in [2.45, 2.75) is 39.3 Å². The lowest BCUT2D eigenvalue weighted by molar-refractivity contribution is -0.120. The second-order valence-electron chi connectivity index (χ2n) is 6.43. The molecule has 0 aliphatic carbocycles. The standard InChI is InChI=1S/C21H25NO4/c1-4-25-19-11-16-9-14(2)26-20(16)12-17(19)13-22-21(23)10-15-5-7-18(24-3)8-6-15/h5-8,11-12,14H,4,9-10,13H2,1-3H3,(H,22,23)/t14-/m0/s1. The van der Waals surface area contributed by atoms with Crippen LogP contribution in [0.3, 0.4) is 0 Å². The quantitative estimate of drug-likeness (QED) is 0.828. The van der Waals surface area contributed by atoms with E-state index in [4.69, 9.17) is 14.2 Å². The van der Waals surface area contributed by atoms with E-state index in [9.17, 15) is 4.79 Å². The molecule has 0 saturated carbocycles. The molecule has 1 aliphatic heterocycles. The summed E-state index contributed by atoms with van der Waals surface area (Å²) in [6, 6.07) is 11.5. The third kappa shape index (κ3) is 4.28. The molecule has 0 radical (unpaired) electrons. The Hall–Kier alpha value is -2.69. The predicted molar refractivity (Wildman–Crippen MR) is 99.9 cm³/mol. The Balaban J connectivity index is 1.64. The number of hydrogen-bond acceptors (Lipinski definition) is 4. The number of nitrogens with one attached hydrogen (secondary N) is 1. The van der Waals surface area contributed by atoms with Crippen LogP contribution in [0.15, 0.2) is 36.4 Å². The van der Waals surface area contributed by atoms with E-state index in [0.717, 1.165) is 40.4 Å². The first kappa shape index (κ1) is 18.1. The van der Waals surface area contributed by atoms with Crippen molar-refractivity contribution in [3.8, 4) is 17.2 Å². The molecule has 0 spiro atoms. The van der Waals surface area contributed by atoms with Crippen LogP contribution in [0, 0.1) is 0 Å². The number of carbonyl (C=O) groups excluding carboxylic acids is 1. The molecular weight excluding hydrogens is 330 g/mol. The fourth-order valence-electron chi connectivity index (χ4n) is 3.09. The SMILES string of the molecule is CCOc1cc2c(cc1CNC(=O)Cc1ccc(OC)cc1)O[C@@H](C)C2. The third-order valence-corrected chi connectivity index (χ3v) is 4.38. The maximum Gasteiger partial charge on any atom is 0.224 e. The predicted octanol–water partition coefficient (Wildman–Crippen LogP) is 3.28. The van der Waals surface area contributed by atoms with Crippen LogP contribution in [-0.2, 0) is 24.2 Å². The molecule has 5 heteroatoms. The molecule has 1 heterocycles. The fraction of sp³-hybridized carbons (Fsp3) is 0.381. The largest absolute Gasteiger partial charge is 0.497 e. The zero-order valence-corrected chi connectivity index (χ0v) is 15.5. The van der Waals surface area contributed by atoms with Gasteiger partial charge in [-0.05, 0) is 43.7 Å². The molecule has 0 bridgehead atoms. The van der Waals surface area contributed by atoms with Crippen molar-refractivity contribution in [1.29, 1.82) is 0 Å². The highest BCUT2D eigenvalue weighted by atomic mass is 16.5. The Labute approximate surface area is 154 Å². The fourth-order valence-corrected chi connectivity index (χ4v) is 3.09. The normalized spacial score (nSPS) is 15.1. The van der Waals surface area contributed by atoms with Crippen LogP contribution < -0.4 is 19.5 Å². The summed E-state index contributed by atoms with van der Waals surface area (Å²) >= 11 is 0. The number of ether oxygens (including phenoxy) is 3. The van der Waals surface area contributed by atoms with Gasteiger partial charge in [0, 0.05) is 24.1 Å². The Kier molecular flexibility index (Phi) is 5.66. The second-order valence-corrected chi connectivity index (χ2v) is 6.43. The molecule has 0 fully saturated rings. The van der Waals surface area contributed by atoms with E-state index in [1.54, 1.807) is 7.11 Å². The summed E-state index contributed by atoms with van der Waals surface area (Å²) in [5, 5.41) is 2.97. The average Bonchev–Trinajstić information content (AvgIpc) is 2.99. The number of benzene rings is 2. The van der Waals surface area contributed by atoms with Crippen molar-refractivity contribution in [3.05, 3.63) is 53.1 Å². The van der Waals surface area contributed by atoms with Gasteiger partial charge in [0.15, 0.2) is 0 Å². The molecular formula is C21H25NO4. The molecule has 3 rings (SSSR count). The second kappa shape index (κ2) is 8.13. The number of hydrogen-bond donors (Lipinski definition) is 1. The van der Waals surface area contributed by atoms with Crippen molar-refractivity contribution >= 4 is 5.91 Å². The number of amides is 1. The first-order chi connectivity index (χ1) is 12.6. The Morgan fingerprint density at radius 1 is 1.27 bits per heavy atom. The smallest absolute Gasteiger partial charge is 0.224 e. The van der Waals surface area contributed by atoms with Gasteiger partial charge in [-0.1, -0.05) is 12.1 Å². The summed E-state index contributed by atoms with van der Waals surface area (Å²) in [6.45, 7) is 5.01. The molecule has 1 atom stereocenters. The molecule has 0 aromatic heterocycles. The zero-order chi connectivity index (χ0) is 18.5.